The van der Waals surface area contributed by atoms with Crippen molar-refractivity contribution in [2.24, 2.45) is 4.99 Å². The summed E-state index contributed by atoms with van der Waals surface area (Å²) in [6.45, 7) is 15.3. The number of benzene rings is 1. The number of fused-ring (bicyclic) bond motifs is 1. The Morgan fingerprint density at radius 1 is 0.788 bits per heavy atom. The Bertz CT molecular complexity index is 927. The number of anilines is 2. The van der Waals surface area contributed by atoms with Crippen LogP contribution in [0.15, 0.2) is 23.2 Å². The highest BCUT2D eigenvalue weighted by atomic mass is 15.3. The number of piperazine rings is 2. The van der Waals surface area contributed by atoms with E-state index in [1.54, 1.807) is 0 Å². The van der Waals surface area contributed by atoms with Gasteiger partial charge in [-0.25, -0.2) is 15.0 Å². The first-order chi connectivity index (χ1) is 16.1. The second kappa shape index (κ2) is 11.1. The fraction of sp³-hybridized carbons (Fsp3) is 0.640. The minimum Gasteiger partial charge on any atom is -0.369 e. The highest BCUT2D eigenvalue weighted by Crippen LogP contribution is 2.31. The van der Waals surface area contributed by atoms with E-state index in [1.165, 1.54) is 25.9 Å². The van der Waals surface area contributed by atoms with Crippen molar-refractivity contribution in [2.75, 3.05) is 89.3 Å². The minimum absolute atomic E-state index is 0.908. The van der Waals surface area contributed by atoms with E-state index >= 15 is 0 Å². The molecule has 0 spiro atoms. The van der Waals surface area contributed by atoms with Gasteiger partial charge in [0.05, 0.1) is 23.1 Å². The molecule has 0 aliphatic carbocycles. The molecule has 2 aliphatic rings. The molecule has 1 aromatic carbocycles. The highest BCUT2D eigenvalue weighted by molar-refractivity contribution is 5.84. The quantitative estimate of drug-likeness (QED) is 0.451. The number of hydrogen-bond donors (Lipinski definition) is 0. The third kappa shape index (κ3) is 5.92. The van der Waals surface area contributed by atoms with Gasteiger partial charge in [0.15, 0.2) is 11.6 Å². The summed E-state index contributed by atoms with van der Waals surface area (Å²) < 4.78 is 0. The lowest BCUT2D eigenvalue weighted by molar-refractivity contribution is 0.255. The van der Waals surface area contributed by atoms with Crippen molar-refractivity contribution >= 4 is 34.7 Å². The molecule has 2 aromatic rings. The molecule has 0 bridgehead atoms. The van der Waals surface area contributed by atoms with Crippen molar-refractivity contribution < 1.29 is 0 Å². The molecule has 0 radical (unpaired) electrons. The average Bonchev–Trinajstić information content (AvgIpc) is 2.83. The van der Waals surface area contributed by atoms with Crippen molar-refractivity contribution in [3.8, 4) is 0 Å². The molecule has 0 amide bonds. The van der Waals surface area contributed by atoms with Crippen LogP contribution in [0.4, 0.5) is 17.3 Å². The smallest absolute Gasteiger partial charge is 0.172 e. The summed E-state index contributed by atoms with van der Waals surface area (Å²) >= 11 is 0. The molecule has 1 aromatic heterocycles. The Morgan fingerprint density at radius 3 is 1.79 bits per heavy atom. The number of nitrogens with zero attached hydrogens (tertiary/aromatic N) is 8. The minimum atomic E-state index is 0.908. The maximum atomic E-state index is 5.19. The van der Waals surface area contributed by atoms with Gasteiger partial charge in [-0.2, -0.15) is 0 Å². The van der Waals surface area contributed by atoms with Gasteiger partial charge >= 0.3 is 0 Å². The predicted molar refractivity (Wildman–Crippen MR) is 139 cm³/mol. The zero-order valence-electron chi connectivity index (χ0n) is 20.9. The van der Waals surface area contributed by atoms with E-state index in [-0.39, 0.29) is 0 Å². The number of rotatable bonds is 8. The van der Waals surface area contributed by atoms with E-state index in [1.807, 2.05) is 31.4 Å². The van der Waals surface area contributed by atoms with Gasteiger partial charge in [0, 0.05) is 66.5 Å². The third-order valence-electron chi connectivity index (χ3n) is 6.47. The number of aromatic nitrogens is 2. The number of hydrogen-bond acceptors (Lipinski definition) is 7. The molecule has 0 atom stereocenters. The normalized spacial score (nSPS) is 18.5. The van der Waals surface area contributed by atoms with Gasteiger partial charge in [-0.15, -0.1) is 0 Å². The van der Waals surface area contributed by atoms with Crippen LogP contribution < -0.4 is 9.80 Å². The lowest BCUT2D eigenvalue weighted by Gasteiger charge is -2.39. The van der Waals surface area contributed by atoms with Gasteiger partial charge in [0.25, 0.3) is 0 Å². The van der Waals surface area contributed by atoms with Gasteiger partial charge in [-0.1, -0.05) is 13.8 Å². The lowest BCUT2D eigenvalue weighted by atomic mass is 10.2. The molecule has 2 fully saturated rings. The molecule has 2 saturated heterocycles. The molecule has 2 aliphatic heterocycles. The van der Waals surface area contributed by atoms with Crippen LogP contribution in [-0.4, -0.2) is 111 Å². The second-order valence-electron chi connectivity index (χ2n) is 9.41. The van der Waals surface area contributed by atoms with E-state index in [0.29, 0.717) is 0 Å². The third-order valence-corrected chi connectivity index (χ3v) is 6.47. The Balaban J connectivity index is 1.64. The first-order valence-corrected chi connectivity index (χ1v) is 12.5. The van der Waals surface area contributed by atoms with Gasteiger partial charge in [-0.3, -0.25) is 9.80 Å². The Kier molecular flexibility index (Phi) is 7.98. The van der Waals surface area contributed by atoms with Crippen molar-refractivity contribution in [1.82, 2.24) is 24.7 Å². The Hall–Kier alpha value is -2.45. The van der Waals surface area contributed by atoms with Crippen LogP contribution in [0.3, 0.4) is 0 Å². The van der Waals surface area contributed by atoms with E-state index in [0.717, 1.165) is 80.7 Å². The van der Waals surface area contributed by atoms with Crippen molar-refractivity contribution in [1.29, 1.82) is 0 Å². The number of aliphatic imine (C=N–C) groups is 1. The predicted octanol–water partition coefficient (Wildman–Crippen LogP) is 2.92. The molecule has 0 saturated carbocycles. The molecule has 33 heavy (non-hydrogen) atoms. The largest absolute Gasteiger partial charge is 0.369 e. The summed E-state index contributed by atoms with van der Waals surface area (Å²) in [6, 6.07) is 6.15. The van der Waals surface area contributed by atoms with Crippen LogP contribution in [0.1, 0.15) is 26.7 Å². The van der Waals surface area contributed by atoms with Gasteiger partial charge in [-0.05, 0) is 44.1 Å². The van der Waals surface area contributed by atoms with E-state index in [4.69, 9.17) is 9.97 Å². The summed E-state index contributed by atoms with van der Waals surface area (Å²) in [4.78, 5) is 26.9. The maximum absolute atomic E-state index is 5.19. The first kappa shape index (κ1) is 23.7. The first-order valence-electron chi connectivity index (χ1n) is 12.5. The topological polar surface area (TPSA) is 54.3 Å². The summed E-state index contributed by atoms with van der Waals surface area (Å²) in [6.07, 6.45) is 4.24. The van der Waals surface area contributed by atoms with Crippen LogP contribution in [0, 0.1) is 0 Å². The van der Waals surface area contributed by atoms with Crippen LogP contribution >= 0.6 is 0 Å². The maximum Gasteiger partial charge on any atom is 0.172 e. The zero-order chi connectivity index (χ0) is 23.2. The van der Waals surface area contributed by atoms with E-state index in [2.05, 4.69) is 50.6 Å². The SMILES string of the molecule is CCCN1CCN(c2nc3ccc(N=CN(C)C)cc3nc2N2CCN(CCC)CC2)CC1. The molecule has 4 rings (SSSR count). The van der Waals surface area contributed by atoms with Crippen molar-refractivity contribution in [3.05, 3.63) is 18.2 Å². The molecule has 8 heteroatoms. The van der Waals surface area contributed by atoms with Crippen LogP contribution in [0.2, 0.25) is 0 Å². The Labute approximate surface area is 198 Å². The summed E-state index contributed by atoms with van der Waals surface area (Å²) in [7, 11) is 3.96. The van der Waals surface area contributed by atoms with E-state index in [9.17, 15) is 0 Å². The Morgan fingerprint density at radius 2 is 1.30 bits per heavy atom. The van der Waals surface area contributed by atoms with Crippen molar-refractivity contribution in [2.45, 2.75) is 26.7 Å². The highest BCUT2D eigenvalue weighted by Gasteiger charge is 2.26. The molecule has 0 N–H and O–H groups in total. The molecular weight excluding hydrogens is 412 g/mol. The van der Waals surface area contributed by atoms with Crippen LogP contribution in [-0.2, 0) is 0 Å². The second-order valence-corrected chi connectivity index (χ2v) is 9.41. The van der Waals surface area contributed by atoms with Gasteiger partial charge in [0.1, 0.15) is 0 Å². The fourth-order valence-electron chi connectivity index (χ4n) is 4.71. The fourth-order valence-corrected chi connectivity index (χ4v) is 4.71. The molecular formula is C25H40N8. The standard InChI is InChI=1S/C25H40N8/c1-5-9-30-11-15-32(16-12-30)24-25(33-17-13-31(10-6-2)14-18-33)28-23-19-21(26-20-29(3)4)7-8-22(23)27-24/h7-8,19-20H,5-6,9-18H2,1-4H3. The van der Waals surface area contributed by atoms with Crippen LogP contribution in [0.25, 0.3) is 11.0 Å². The summed E-state index contributed by atoms with van der Waals surface area (Å²) in [5.74, 6) is 2.09. The molecule has 8 nitrogen and oxygen atoms in total. The van der Waals surface area contributed by atoms with Crippen LogP contribution in [0.5, 0.6) is 0 Å². The molecule has 3 heterocycles. The van der Waals surface area contributed by atoms with E-state index < -0.39 is 0 Å². The lowest BCUT2D eigenvalue weighted by Crippen LogP contribution is -2.49. The summed E-state index contributed by atoms with van der Waals surface area (Å²) in [5, 5.41) is 0. The van der Waals surface area contributed by atoms with Crippen molar-refractivity contribution in [3.63, 3.8) is 0 Å². The molecule has 180 valence electrons. The van der Waals surface area contributed by atoms with Gasteiger partial charge in [0.2, 0.25) is 0 Å². The average molecular weight is 453 g/mol. The molecule has 0 unspecified atom stereocenters. The monoisotopic (exact) mass is 452 g/mol. The summed E-state index contributed by atoms with van der Waals surface area (Å²) in [5.41, 5.74) is 2.77. The zero-order valence-corrected chi connectivity index (χ0v) is 20.9. The van der Waals surface area contributed by atoms with Gasteiger partial charge < -0.3 is 14.7 Å².